The van der Waals surface area contributed by atoms with Crippen LogP contribution in [0.1, 0.15) is 43.4 Å². The van der Waals surface area contributed by atoms with Gasteiger partial charge in [0.2, 0.25) is 11.8 Å². The molecule has 10 heteroatoms. The summed E-state index contributed by atoms with van der Waals surface area (Å²) in [6.07, 6.45) is 1.91. The first-order valence-corrected chi connectivity index (χ1v) is 13.5. The summed E-state index contributed by atoms with van der Waals surface area (Å²) in [5, 5.41) is 15.3. The molecule has 0 saturated carbocycles. The number of hydrogen-bond donors (Lipinski definition) is 1. The molecular formula is C29H36N6O4. The predicted octanol–water partition coefficient (Wildman–Crippen LogP) is 2.90. The molecule has 2 heterocycles. The van der Waals surface area contributed by atoms with Crippen LogP contribution in [-0.2, 0) is 20.9 Å². The van der Waals surface area contributed by atoms with Crippen molar-refractivity contribution in [3.8, 4) is 6.07 Å². The second kappa shape index (κ2) is 13.7. The average molecular weight is 533 g/mol. The molecule has 10 nitrogen and oxygen atoms in total. The highest BCUT2D eigenvalue weighted by atomic mass is 16.5. The number of piperazine rings is 1. The van der Waals surface area contributed by atoms with Gasteiger partial charge in [0.25, 0.3) is 0 Å². The fraction of sp³-hybridized carbons (Fsp3) is 0.448. The number of hydrogen-bond acceptors (Lipinski definition) is 6. The molecule has 4 amide bonds. The van der Waals surface area contributed by atoms with E-state index in [9.17, 15) is 19.6 Å². The molecule has 2 atom stereocenters. The van der Waals surface area contributed by atoms with Gasteiger partial charge in [-0.2, -0.15) is 10.3 Å². The second-order valence-electron chi connectivity index (χ2n) is 9.67. The summed E-state index contributed by atoms with van der Waals surface area (Å²) >= 11 is 0. The Morgan fingerprint density at radius 1 is 1.05 bits per heavy atom. The minimum atomic E-state index is -0.868. The third kappa shape index (κ3) is 6.74. The number of nitriles is 1. The lowest BCUT2D eigenvalue weighted by Crippen LogP contribution is -2.74. The minimum absolute atomic E-state index is 0.135. The third-order valence-corrected chi connectivity index (χ3v) is 6.94. The molecule has 2 aromatic rings. The van der Waals surface area contributed by atoms with Gasteiger partial charge in [-0.25, -0.2) is 9.80 Å². The van der Waals surface area contributed by atoms with Gasteiger partial charge in [0.15, 0.2) is 0 Å². The first kappa shape index (κ1) is 28.1. The number of hydrazine groups is 1. The van der Waals surface area contributed by atoms with Gasteiger partial charge >= 0.3 is 6.03 Å². The van der Waals surface area contributed by atoms with E-state index >= 15 is 0 Å². The number of rotatable bonds is 11. The highest BCUT2D eigenvalue weighted by Crippen LogP contribution is 2.34. The van der Waals surface area contributed by atoms with Crippen LogP contribution < -0.4 is 5.32 Å². The summed E-state index contributed by atoms with van der Waals surface area (Å²) in [7, 11) is 0. The van der Waals surface area contributed by atoms with Crippen LogP contribution >= 0.6 is 0 Å². The Morgan fingerprint density at radius 2 is 1.74 bits per heavy atom. The molecule has 4 rings (SSSR count). The lowest BCUT2D eigenvalue weighted by molar-refractivity contribution is -0.189. The summed E-state index contributed by atoms with van der Waals surface area (Å²) in [5.41, 5.74) is 1.61. The maximum atomic E-state index is 13.8. The van der Waals surface area contributed by atoms with Crippen LogP contribution in [0, 0.1) is 11.3 Å². The van der Waals surface area contributed by atoms with Crippen LogP contribution in [-0.4, -0.2) is 83.2 Å². The summed E-state index contributed by atoms with van der Waals surface area (Å²) < 4.78 is 5.70. The Hall–Kier alpha value is -3.94. The molecule has 2 saturated heterocycles. The molecule has 0 bridgehead atoms. The number of unbranched alkanes of at least 4 members (excludes halogenated alkanes) is 1. The molecule has 39 heavy (non-hydrogen) atoms. The molecule has 0 aromatic heterocycles. The fourth-order valence-corrected chi connectivity index (χ4v) is 5.02. The topological polar surface area (TPSA) is 109 Å². The smallest absolute Gasteiger partial charge is 0.334 e. The van der Waals surface area contributed by atoms with E-state index in [4.69, 9.17) is 4.74 Å². The number of carbonyl (C=O) groups is 3. The molecule has 2 aliphatic rings. The van der Waals surface area contributed by atoms with Gasteiger partial charge in [-0.05, 0) is 24.0 Å². The number of nitrogens with zero attached hydrogens (tertiary/aromatic N) is 5. The largest absolute Gasteiger partial charge is 0.381 e. The standard InChI is InChI=1S/C29H36N6O4/c1-2-3-18-39-19-10-16-32-21-25-34(27(28(32)37)24-13-8-5-9-14-24)26(36)22-33(17-15-30)35(25)29(38)31-20-23-11-6-4-7-12-23/h4-9,11-14,25,27H,2-3,10,16-22H2,1H3,(H,31,38)/t25?,27-/m0/s1. The number of amides is 4. The normalized spacial score (nSPS) is 19.5. The van der Waals surface area contributed by atoms with Crippen molar-refractivity contribution in [2.24, 2.45) is 0 Å². The van der Waals surface area contributed by atoms with Gasteiger partial charge in [-0.3, -0.25) is 9.59 Å². The van der Waals surface area contributed by atoms with Gasteiger partial charge in [0.1, 0.15) is 18.8 Å². The Morgan fingerprint density at radius 3 is 2.44 bits per heavy atom. The Balaban J connectivity index is 1.61. The number of nitrogens with one attached hydrogen (secondary N) is 1. The lowest BCUT2D eigenvalue weighted by Gasteiger charge is -2.54. The zero-order valence-corrected chi connectivity index (χ0v) is 22.4. The van der Waals surface area contributed by atoms with E-state index in [1.54, 1.807) is 4.90 Å². The molecule has 0 radical (unpaired) electrons. The van der Waals surface area contributed by atoms with Crippen LogP contribution in [0.15, 0.2) is 60.7 Å². The molecule has 206 valence electrons. The molecule has 2 aliphatic heterocycles. The highest BCUT2D eigenvalue weighted by molar-refractivity contribution is 5.92. The molecular weight excluding hydrogens is 496 g/mol. The van der Waals surface area contributed by atoms with Crippen molar-refractivity contribution in [2.75, 3.05) is 39.4 Å². The Bertz CT molecular complexity index is 1160. The number of ether oxygens (including phenoxy) is 1. The van der Waals surface area contributed by atoms with Crippen LogP contribution in [0.25, 0.3) is 0 Å². The van der Waals surface area contributed by atoms with Crippen molar-refractivity contribution in [3.63, 3.8) is 0 Å². The van der Waals surface area contributed by atoms with Crippen molar-refractivity contribution in [3.05, 3.63) is 71.8 Å². The summed E-state index contributed by atoms with van der Waals surface area (Å²) in [6.45, 7) is 3.86. The first-order valence-electron chi connectivity index (χ1n) is 13.5. The maximum Gasteiger partial charge on any atom is 0.334 e. The number of carbonyl (C=O) groups excluding carboxylic acids is 3. The van der Waals surface area contributed by atoms with E-state index in [0.717, 1.165) is 18.4 Å². The van der Waals surface area contributed by atoms with Crippen LogP contribution in [0.4, 0.5) is 4.79 Å². The van der Waals surface area contributed by atoms with Crippen molar-refractivity contribution in [1.29, 1.82) is 5.26 Å². The quantitative estimate of drug-likeness (QED) is 0.352. The SMILES string of the molecule is CCCCOCCCN1CC2N(C(=O)CN(CC#N)N2C(=O)NCc2ccccc2)[C@@H](c2ccccc2)C1=O. The van der Waals surface area contributed by atoms with Gasteiger partial charge in [-0.1, -0.05) is 74.0 Å². The second-order valence-corrected chi connectivity index (χ2v) is 9.67. The summed E-state index contributed by atoms with van der Waals surface area (Å²) in [5.74, 6) is -0.482. The Labute approximate surface area is 229 Å². The van der Waals surface area contributed by atoms with Crippen molar-refractivity contribution in [2.45, 2.75) is 44.9 Å². The van der Waals surface area contributed by atoms with E-state index in [-0.39, 0.29) is 38.0 Å². The van der Waals surface area contributed by atoms with E-state index in [0.29, 0.717) is 31.7 Å². The molecule has 0 spiro atoms. The van der Waals surface area contributed by atoms with Gasteiger partial charge < -0.3 is 19.9 Å². The van der Waals surface area contributed by atoms with Crippen molar-refractivity contribution < 1.29 is 19.1 Å². The first-order chi connectivity index (χ1) is 19.0. The summed E-state index contributed by atoms with van der Waals surface area (Å²) in [6, 6.07) is 19.5. The molecule has 1 N–H and O–H groups in total. The van der Waals surface area contributed by atoms with Crippen LogP contribution in [0.5, 0.6) is 0 Å². The fourth-order valence-electron chi connectivity index (χ4n) is 5.02. The average Bonchev–Trinajstić information content (AvgIpc) is 2.95. The molecule has 2 aromatic carbocycles. The summed E-state index contributed by atoms with van der Waals surface area (Å²) in [4.78, 5) is 44.1. The van der Waals surface area contributed by atoms with E-state index < -0.39 is 18.2 Å². The third-order valence-electron chi connectivity index (χ3n) is 6.94. The predicted molar refractivity (Wildman–Crippen MR) is 144 cm³/mol. The van der Waals surface area contributed by atoms with E-state index in [1.165, 1.54) is 14.9 Å². The molecule has 2 fully saturated rings. The monoisotopic (exact) mass is 532 g/mol. The van der Waals surface area contributed by atoms with E-state index in [1.807, 2.05) is 60.7 Å². The highest BCUT2D eigenvalue weighted by Gasteiger charge is 2.51. The molecule has 1 unspecified atom stereocenters. The molecule has 0 aliphatic carbocycles. The minimum Gasteiger partial charge on any atom is -0.381 e. The van der Waals surface area contributed by atoms with Crippen molar-refractivity contribution >= 4 is 17.8 Å². The lowest BCUT2D eigenvalue weighted by atomic mass is 9.98. The van der Waals surface area contributed by atoms with Gasteiger partial charge in [0.05, 0.1) is 19.2 Å². The number of fused-ring (bicyclic) bond motifs is 1. The van der Waals surface area contributed by atoms with Crippen LogP contribution in [0.3, 0.4) is 0 Å². The number of urea groups is 1. The van der Waals surface area contributed by atoms with Gasteiger partial charge in [0, 0.05) is 26.3 Å². The zero-order chi connectivity index (χ0) is 27.6. The maximum absolute atomic E-state index is 13.8. The van der Waals surface area contributed by atoms with E-state index in [2.05, 4.69) is 18.3 Å². The zero-order valence-electron chi connectivity index (χ0n) is 22.4. The Kier molecular flexibility index (Phi) is 9.89. The number of benzene rings is 2. The van der Waals surface area contributed by atoms with Crippen LogP contribution in [0.2, 0.25) is 0 Å². The van der Waals surface area contributed by atoms with Gasteiger partial charge in [-0.15, -0.1) is 0 Å². The van der Waals surface area contributed by atoms with Crippen molar-refractivity contribution in [1.82, 2.24) is 25.1 Å².